The fraction of sp³-hybridized carbons (Fsp3) is 0.917. The van der Waals surface area contributed by atoms with Crippen LogP contribution in [-0.2, 0) is 4.79 Å². The molecular weight excluding hydrogens is 218 g/mol. The van der Waals surface area contributed by atoms with Gasteiger partial charge in [-0.2, -0.15) is 0 Å². The summed E-state index contributed by atoms with van der Waals surface area (Å²) in [6, 6.07) is -0.427. The average Bonchev–Trinajstić information content (AvgIpc) is 2.79. The summed E-state index contributed by atoms with van der Waals surface area (Å²) in [5.74, 6) is -0.763. The van der Waals surface area contributed by atoms with Crippen molar-refractivity contribution >= 4 is 5.97 Å². The lowest BCUT2D eigenvalue weighted by Crippen LogP contribution is -2.38. The molecule has 1 fully saturated rings. The van der Waals surface area contributed by atoms with Crippen molar-refractivity contribution in [1.29, 1.82) is 0 Å². The molecule has 0 amide bonds. The number of carboxylic acids is 1. The molecule has 1 unspecified atom stereocenters. The quantitative estimate of drug-likeness (QED) is 0.632. The van der Waals surface area contributed by atoms with Crippen molar-refractivity contribution in [2.24, 2.45) is 0 Å². The lowest BCUT2D eigenvalue weighted by Gasteiger charge is -2.22. The van der Waals surface area contributed by atoms with Crippen LogP contribution < -0.4 is 5.32 Å². The molecule has 0 aromatic carbocycles. The summed E-state index contributed by atoms with van der Waals surface area (Å²) in [6.45, 7) is 5.40. The molecule has 0 aliphatic carbocycles. The summed E-state index contributed by atoms with van der Waals surface area (Å²) in [6.07, 6.45) is 3.30. The molecule has 0 aromatic rings. The van der Waals surface area contributed by atoms with Crippen LogP contribution >= 0.6 is 0 Å². The number of rotatable bonds is 8. The Hall–Kier alpha value is -0.650. The highest BCUT2D eigenvalue weighted by Gasteiger charge is 2.16. The van der Waals surface area contributed by atoms with Crippen LogP contribution in [0.25, 0.3) is 0 Å². The summed E-state index contributed by atoms with van der Waals surface area (Å²) in [5, 5.41) is 11.7. The molecule has 0 spiro atoms. The van der Waals surface area contributed by atoms with Crippen molar-refractivity contribution in [2.75, 3.05) is 46.8 Å². The van der Waals surface area contributed by atoms with Crippen LogP contribution in [0.15, 0.2) is 0 Å². The second kappa shape index (κ2) is 7.63. The van der Waals surface area contributed by atoms with Crippen molar-refractivity contribution in [3.8, 4) is 0 Å². The number of hydrogen-bond acceptors (Lipinski definition) is 4. The molecule has 1 rings (SSSR count). The minimum absolute atomic E-state index is 0.427. The summed E-state index contributed by atoms with van der Waals surface area (Å²) in [5.41, 5.74) is 0. The van der Waals surface area contributed by atoms with E-state index in [4.69, 9.17) is 5.11 Å². The number of nitrogens with one attached hydrogen (secondary N) is 1. The fourth-order valence-electron chi connectivity index (χ4n) is 2.17. The molecule has 0 aromatic heterocycles. The van der Waals surface area contributed by atoms with Crippen LogP contribution in [-0.4, -0.2) is 73.7 Å². The maximum Gasteiger partial charge on any atom is 0.320 e. The van der Waals surface area contributed by atoms with Gasteiger partial charge in [0, 0.05) is 13.1 Å². The molecule has 0 bridgehead atoms. The van der Waals surface area contributed by atoms with Crippen molar-refractivity contribution in [3.63, 3.8) is 0 Å². The van der Waals surface area contributed by atoms with Gasteiger partial charge in [0.05, 0.1) is 0 Å². The molecule has 1 aliphatic heterocycles. The summed E-state index contributed by atoms with van der Waals surface area (Å²) >= 11 is 0. The van der Waals surface area contributed by atoms with Gasteiger partial charge in [-0.3, -0.25) is 4.79 Å². The number of carbonyl (C=O) groups is 1. The van der Waals surface area contributed by atoms with Crippen LogP contribution in [0.5, 0.6) is 0 Å². The Labute approximate surface area is 104 Å². The number of likely N-dealkylation sites (tertiary alicyclic amines) is 1. The van der Waals surface area contributed by atoms with Crippen molar-refractivity contribution in [3.05, 3.63) is 0 Å². The van der Waals surface area contributed by atoms with Gasteiger partial charge >= 0.3 is 5.97 Å². The third kappa shape index (κ3) is 5.48. The van der Waals surface area contributed by atoms with Crippen LogP contribution in [0.2, 0.25) is 0 Å². The zero-order valence-corrected chi connectivity index (χ0v) is 11.0. The zero-order chi connectivity index (χ0) is 12.7. The normalized spacial score (nSPS) is 18.8. The van der Waals surface area contributed by atoms with Crippen LogP contribution in [0.1, 0.15) is 19.3 Å². The third-order valence-corrected chi connectivity index (χ3v) is 3.44. The average molecular weight is 243 g/mol. The smallest absolute Gasteiger partial charge is 0.320 e. The number of nitrogens with zero attached hydrogens (tertiary/aromatic N) is 2. The van der Waals surface area contributed by atoms with Gasteiger partial charge in [-0.15, -0.1) is 0 Å². The number of aliphatic carboxylic acids is 1. The zero-order valence-electron chi connectivity index (χ0n) is 11.0. The Morgan fingerprint density at radius 1 is 1.41 bits per heavy atom. The minimum atomic E-state index is -0.763. The van der Waals surface area contributed by atoms with E-state index in [1.807, 2.05) is 0 Å². The summed E-state index contributed by atoms with van der Waals surface area (Å²) in [4.78, 5) is 15.5. The summed E-state index contributed by atoms with van der Waals surface area (Å²) in [7, 11) is 3.76. The van der Waals surface area contributed by atoms with E-state index >= 15 is 0 Å². The van der Waals surface area contributed by atoms with Gasteiger partial charge in [-0.05, 0) is 53.0 Å². The van der Waals surface area contributed by atoms with E-state index in [-0.39, 0.29) is 0 Å². The first kappa shape index (κ1) is 14.4. The first-order valence-corrected chi connectivity index (χ1v) is 6.44. The molecular formula is C12H25N3O2. The predicted octanol–water partition coefficient (Wildman–Crippen LogP) is 0.0767. The van der Waals surface area contributed by atoms with Gasteiger partial charge in [0.25, 0.3) is 0 Å². The van der Waals surface area contributed by atoms with Gasteiger partial charge in [0.2, 0.25) is 0 Å². The van der Waals surface area contributed by atoms with Crippen LogP contribution in [0.4, 0.5) is 0 Å². The minimum Gasteiger partial charge on any atom is -0.480 e. The summed E-state index contributed by atoms with van der Waals surface area (Å²) < 4.78 is 0. The van der Waals surface area contributed by atoms with E-state index in [0.29, 0.717) is 6.42 Å². The van der Waals surface area contributed by atoms with Crippen molar-refractivity contribution in [1.82, 2.24) is 15.1 Å². The van der Waals surface area contributed by atoms with E-state index in [1.165, 1.54) is 25.9 Å². The topological polar surface area (TPSA) is 55.8 Å². The van der Waals surface area contributed by atoms with Crippen LogP contribution in [0, 0.1) is 0 Å². The van der Waals surface area contributed by atoms with Gasteiger partial charge < -0.3 is 20.2 Å². The number of likely N-dealkylation sites (N-methyl/N-ethyl adjacent to an activating group) is 2. The molecule has 5 nitrogen and oxygen atoms in total. The van der Waals surface area contributed by atoms with Crippen molar-refractivity contribution in [2.45, 2.75) is 25.3 Å². The van der Waals surface area contributed by atoms with Gasteiger partial charge in [0.1, 0.15) is 6.04 Å². The molecule has 0 saturated carbocycles. The molecule has 2 N–H and O–H groups in total. The van der Waals surface area contributed by atoms with E-state index in [1.54, 1.807) is 7.05 Å². The highest BCUT2D eigenvalue weighted by Crippen LogP contribution is 2.06. The lowest BCUT2D eigenvalue weighted by molar-refractivity contribution is -0.139. The third-order valence-electron chi connectivity index (χ3n) is 3.44. The largest absolute Gasteiger partial charge is 0.480 e. The fourth-order valence-corrected chi connectivity index (χ4v) is 2.17. The molecule has 100 valence electrons. The van der Waals surface area contributed by atoms with E-state index in [9.17, 15) is 4.79 Å². The van der Waals surface area contributed by atoms with Crippen LogP contribution in [0.3, 0.4) is 0 Å². The Bertz CT molecular complexity index is 230. The second-order valence-electron chi connectivity index (χ2n) is 4.82. The molecule has 1 atom stereocenters. The van der Waals surface area contributed by atoms with Crippen molar-refractivity contribution < 1.29 is 9.90 Å². The molecule has 1 saturated heterocycles. The van der Waals surface area contributed by atoms with Gasteiger partial charge in [-0.25, -0.2) is 0 Å². The van der Waals surface area contributed by atoms with Gasteiger partial charge in [0.15, 0.2) is 0 Å². The maximum absolute atomic E-state index is 10.8. The Morgan fingerprint density at radius 2 is 2.06 bits per heavy atom. The predicted molar refractivity (Wildman–Crippen MR) is 68.3 cm³/mol. The first-order valence-electron chi connectivity index (χ1n) is 6.44. The first-order chi connectivity index (χ1) is 8.13. The molecule has 17 heavy (non-hydrogen) atoms. The molecule has 1 heterocycles. The van der Waals surface area contributed by atoms with Gasteiger partial charge in [-0.1, -0.05) is 0 Å². The lowest BCUT2D eigenvalue weighted by atomic mass is 10.2. The SMILES string of the molecule is CNC(CCN(C)CCN1CCCC1)C(=O)O. The van der Waals surface area contributed by atoms with E-state index in [2.05, 4.69) is 22.2 Å². The second-order valence-corrected chi connectivity index (χ2v) is 4.82. The molecule has 5 heteroatoms. The highest BCUT2D eigenvalue weighted by atomic mass is 16.4. The number of hydrogen-bond donors (Lipinski definition) is 2. The molecule has 1 aliphatic rings. The Morgan fingerprint density at radius 3 is 2.59 bits per heavy atom. The standard InChI is InChI=1S/C12H25N3O2/c1-13-11(12(16)17)5-8-14(2)9-10-15-6-3-4-7-15/h11,13H,3-10H2,1-2H3,(H,16,17). The van der Waals surface area contributed by atoms with E-state index in [0.717, 1.165) is 19.6 Å². The Balaban J connectivity index is 2.11. The molecule has 0 radical (unpaired) electrons. The number of carboxylic acid groups (broad SMARTS) is 1. The maximum atomic E-state index is 10.8. The highest BCUT2D eigenvalue weighted by molar-refractivity contribution is 5.73. The monoisotopic (exact) mass is 243 g/mol. The Kier molecular flexibility index (Phi) is 6.47. The van der Waals surface area contributed by atoms with E-state index < -0.39 is 12.0 Å².